The van der Waals surface area contributed by atoms with Gasteiger partial charge in [-0.05, 0) is 46.2 Å². The van der Waals surface area contributed by atoms with E-state index < -0.39 is 8.07 Å². The Bertz CT molecular complexity index is 1310. The van der Waals surface area contributed by atoms with Crippen LogP contribution >= 0.6 is 0 Å². The van der Waals surface area contributed by atoms with E-state index in [0.29, 0.717) is 0 Å². The first-order chi connectivity index (χ1) is 14.1. The Morgan fingerprint density at radius 2 is 1.70 bits per heavy atom. The number of hydrogen-bond donors (Lipinski definition) is 0. The molecule has 30 heavy (non-hydrogen) atoms. The average molecular weight is 412 g/mol. The number of pyridine rings is 1. The van der Waals surface area contributed by atoms with Gasteiger partial charge in [-0.15, -0.1) is 0 Å². The monoisotopic (exact) mass is 411 g/mol. The molecule has 1 aromatic heterocycles. The first kappa shape index (κ1) is 19.3. The second kappa shape index (κ2) is 6.42. The van der Waals surface area contributed by atoms with E-state index in [1.165, 1.54) is 26.9 Å². The summed E-state index contributed by atoms with van der Waals surface area (Å²) in [5, 5.41) is 6.32. The summed E-state index contributed by atoms with van der Waals surface area (Å²) in [6.45, 7) is 14.0. The van der Waals surface area contributed by atoms with Crippen LogP contribution in [0.1, 0.15) is 26.3 Å². The largest absolute Gasteiger partial charge is 0.456 e. The zero-order valence-corrected chi connectivity index (χ0v) is 19.8. The second-order valence-corrected chi connectivity index (χ2v) is 15.9. The zero-order chi connectivity index (χ0) is 21.3. The third kappa shape index (κ3) is 3.12. The van der Waals surface area contributed by atoms with Crippen molar-refractivity contribution < 1.29 is 4.74 Å². The van der Waals surface area contributed by atoms with Gasteiger partial charge in [-0.3, -0.25) is 4.98 Å². The van der Waals surface area contributed by atoms with Crippen LogP contribution in [0.3, 0.4) is 0 Å². The molecule has 0 unspecified atom stereocenters. The fraction of sp³-hybridized carbons (Fsp3) is 0.296. The Hall–Kier alpha value is -2.65. The molecule has 0 spiro atoms. The van der Waals surface area contributed by atoms with Crippen LogP contribution in [-0.2, 0) is 6.42 Å². The van der Waals surface area contributed by atoms with Gasteiger partial charge in [-0.1, -0.05) is 75.9 Å². The van der Waals surface area contributed by atoms with Crippen molar-refractivity contribution in [2.45, 2.75) is 46.8 Å². The Labute approximate surface area is 179 Å². The molecule has 4 aromatic rings. The van der Waals surface area contributed by atoms with Gasteiger partial charge in [-0.2, -0.15) is 0 Å². The molecule has 3 aromatic carbocycles. The van der Waals surface area contributed by atoms with E-state index in [4.69, 9.17) is 9.72 Å². The molecule has 0 saturated carbocycles. The molecular weight excluding hydrogens is 382 g/mol. The van der Waals surface area contributed by atoms with Gasteiger partial charge in [0, 0.05) is 17.3 Å². The molecule has 0 fully saturated rings. The maximum absolute atomic E-state index is 6.75. The summed E-state index contributed by atoms with van der Waals surface area (Å²) >= 11 is 0. The lowest BCUT2D eigenvalue weighted by atomic mass is 9.83. The molecule has 5 rings (SSSR count). The zero-order valence-electron chi connectivity index (χ0n) is 18.8. The first-order valence-corrected chi connectivity index (χ1v) is 14.3. The number of ether oxygens (including phenoxy) is 1. The van der Waals surface area contributed by atoms with Crippen LogP contribution in [0.2, 0.25) is 19.6 Å². The number of aromatic nitrogens is 1. The van der Waals surface area contributed by atoms with Crippen LogP contribution in [0.4, 0.5) is 0 Å². The summed E-state index contributed by atoms with van der Waals surface area (Å²) in [5.41, 5.74) is 3.61. The smallest absolute Gasteiger partial charge is 0.140 e. The molecule has 1 aliphatic heterocycles. The normalized spacial score (nSPS) is 13.4. The van der Waals surface area contributed by atoms with Gasteiger partial charge in [0.15, 0.2) is 0 Å². The fourth-order valence-corrected chi connectivity index (χ4v) is 5.66. The summed E-state index contributed by atoms with van der Waals surface area (Å²) in [6.07, 6.45) is 2.90. The molecule has 1 aliphatic rings. The van der Waals surface area contributed by atoms with Crippen molar-refractivity contribution in [3.8, 4) is 22.8 Å². The molecule has 152 valence electrons. The van der Waals surface area contributed by atoms with Gasteiger partial charge < -0.3 is 4.74 Å². The molecule has 0 atom stereocenters. The van der Waals surface area contributed by atoms with Crippen LogP contribution in [0.25, 0.3) is 32.8 Å². The first-order valence-electron chi connectivity index (χ1n) is 10.8. The second-order valence-electron chi connectivity index (χ2n) is 10.8. The van der Waals surface area contributed by atoms with Crippen LogP contribution in [0, 0.1) is 5.41 Å². The molecule has 2 nitrogen and oxygen atoms in total. The van der Waals surface area contributed by atoms with Crippen LogP contribution in [0.15, 0.2) is 54.7 Å². The van der Waals surface area contributed by atoms with Gasteiger partial charge >= 0.3 is 0 Å². The molecule has 0 radical (unpaired) electrons. The van der Waals surface area contributed by atoms with E-state index in [2.05, 4.69) is 88.9 Å². The molecule has 0 N–H and O–H groups in total. The van der Waals surface area contributed by atoms with Crippen molar-refractivity contribution in [1.29, 1.82) is 0 Å². The minimum atomic E-state index is -1.48. The van der Waals surface area contributed by atoms with Gasteiger partial charge in [0.1, 0.15) is 11.5 Å². The third-order valence-electron chi connectivity index (χ3n) is 5.97. The summed E-state index contributed by atoms with van der Waals surface area (Å²) in [4.78, 5) is 4.85. The lowest BCUT2D eigenvalue weighted by Crippen LogP contribution is -2.37. The Morgan fingerprint density at radius 3 is 2.43 bits per heavy atom. The molecule has 0 aliphatic carbocycles. The molecule has 2 heterocycles. The van der Waals surface area contributed by atoms with E-state index in [1.54, 1.807) is 0 Å². The van der Waals surface area contributed by atoms with E-state index in [1.807, 2.05) is 6.20 Å². The Kier molecular flexibility index (Phi) is 4.13. The highest BCUT2D eigenvalue weighted by Gasteiger charge is 2.29. The standard InChI is InChI=1S/C27H29NOSi/c1-27(2,3)16-22-20-10-8-7-9-17(20)14-21-25-24-18(11-12-28-25)13-19(30(4,5)6)15-23(24)29-26(21)22/h7-15H,16H2,1-6H3. The summed E-state index contributed by atoms with van der Waals surface area (Å²) in [5.74, 6) is 1.95. The summed E-state index contributed by atoms with van der Waals surface area (Å²) < 4.78 is 6.75. The van der Waals surface area contributed by atoms with Crippen LogP contribution < -0.4 is 9.92 Å². The van der Waals surface area contributed by atoms with E-state index in [9.17, 15) is 0 Å². The Balaban J connectivity index is 1.87. The van der Waals surface area contributed by atoms with E-state index in [0.717, 1.165) is 34.6 Å². The Morgan fingerprint density at radius 1 is 0.933 bits per heavy atom. The van der Waals surface area contributed by atoms with Crippen molar-refractivity contribution >= 4 is 34.8 Å². The molecule has 0 bridgehead atoms. The van der Waals surface area contributed by atoms with Crippen molar-refractivity contribution in [3.05, 3.63) is 60.3 Å². The number of fused-ring (bicyclic) bond motifs is 3. The number of benzene rings is 3. The average Bonchev–Trinajstić information content (AvgIpc) is 2.67. The lowest BCUT2D eigenvalue weighted by Gasteiger charge is -2.28. The predicted molar refractivity (Wildman–Crippen MR) is 131 cm³/mol. The summed E-state index contributed by atoms with van der Waals surface area (Å²) in [7, 11) is -1.48. The van der Waals surface area contributed by atoms with E-state index >= 15 is 0 Å². The van der Waals surface area contributed by atoms with Gasteiger partial charge in [0.25, 0.3) is 0 Å². The van der Waals surface area contributed by atoms with Gasteiger partial charge in [-0.25, -0.2) is 0 Å². The molecule has 3 heteroatoms. The van der Waals surface area contributed by atoms with Crippen molar-refractivity contribution in [2.75, 3.05) is 0 Å². The van der Waals surface area contributed by atoms with Gasteiger partial charge in [0.2, 0.25) is 0 Å². The van der Waals surface area contributed by atoms with Crippen LogP contribution in [0.5, 0.6) is 11.5 Å². The minimum absolute atomic E-state index is 0.154. The fourth-order valence-electron chi connectivity index (χ4n) is 4.51. The van der Waals surface area contributed by atoms with Crippen molar-refractivity contribution in [3.63, 3.8) is 0 Å². The molecule has 0 amide bonds. The topological polar surface area (TPSA) is 22.1 Å². The maximum atomic E-state index is 6.75. The summed E-state index contributed by atoms with van der Waals surface area (Å²) in [6, 6.07) is 17.7. The van der Waals surface area contributed by atoms with Gasteiger partial charge in [0.05, 0.1) is 19.2 Å². The number of rotatable bonds is 2. The predicted octanol–water partition coefficient (Wildman–Crippen LogP) is 7.29. The lowest BCUT2D eigenvalue weighted by molar-refractivity contribution is 0.400. The van der Waals surface area contributed by atoms with Crippen LogP contribution in [-0.4, -0.2) is 13.1 Å². The number of hydrogen-bond acceptors (Lipinski definition) is 2. The van der Waals surface area contributed by atoms with E-state index in [-0.39, 0.29) is 5.41 Å². The minimum Gasteiger partial charge on any atom is -0.456 e. The highest BCUT2D eigenvalue weighted by Crippen LogP contribution is 2.49. The highest BCUT2D eigenvalue weighted by atomic mass is 28.3. The van der Waals surface area contributed by atoms with Crippen molar-refractivity contribution in [2.24, 2.45) is 5.41 Å². The number of nitrogens with zero attached hydrogens (tertiary/aromatic N) is 1. The maximum Gasteiger partial charge on any atom is 0.140 e. The SMILES string of the molecule is CC(C)(C)Cc1c2c(cc3ccccc13)-c1nccc3cc([Si](C)(C)C)cc(c13)O2. The van der Waals surface area contributed by atoms with Crippen molar-refractivity contribution in [1.82, 2.24) is 4.98 Å². The molecular formula is C27H29NOSi. The highest BCUT2D eigenvalue weighted by molar-refractivity contribution is 6.88. The molecule has 0 saturated heterocycles. The quantitative estimate of drug-likeness (QED) is 0.284. The third-order valence-corrected chi connectivity index (χ3v) is 7.99.